The summed E-state index contributed by atoms with van der Waals surface area (Å²) in [7, 11) is 1.80. The highest BCUT2D eigenvalue weighted by atomic mass is 15.2. The third-order valence-electron chi connectivity index (χ3n) is 5.49. The molecule has 0 atom stereocenters. The molecule has 1 aliphatic heterocycles. The molecule has 1 aromatic heterocycles. The summed E-state index contributed by atoms with van der Waals surface area (Å²) in [6, 6.07) is 19.3. The Morgan fingerprint density at radius 2 is 1.66 bits per heavy atom. The van der Waals surface area contributed by atoms with Crippen molar-refractivity contribution in [2.24, 2.45) is 4.99 Å². The van der Waals surface area contributed by atoms with Crippen LogP contribution in [0.2, 0.25) is 0 Å². The SMILES string of the molecule is CN=C(NCc1ccc(CN2CCCC2)cc1)NCc1nccc2ccccc12. The van der Waals surface area contributed by atoms with E-state index in [0.717, 1.165) is 24.7 Å². The van der Waals surface area contributed by atoms with Crippen LogP contribution < -0.4 is 10.6 Å². The van der Waals surface area contributed by atoms with E-state index in [9.17, 15) is 0 Å². The number of benzene rings is 2. The standard InChI is InChI=1S/C24H29N5/c1-25-24(28-17-23-22-7-3-2-6-21(22)12-13-26-23)27-16-19-8-10-20(11-9-19)18-29-14-4-5-15-29/h2-3,6-13H,4-5,14-18H2,1H3,(H2,25,27,28). The molecule has 1 fully saturated rings. The maximum Gasteiger partial charge on any atom is 0.191 e. The molecule has 4 rings (SSSR count). The summed E-state index contributed by atoms with van der Waals surface area (Å²) in [5, 5.41) is 9.15. The molecular formula is C24H29N5. The van der Waals surface area contributed by atoms with Gasteiger partial charge >= 0.3 is 0 Å². The van der Waals surface area contributed by atoms with E-state index in [0.29, 0.717) is 6.54 Å². The summed E-state index contributed by atoms with van der Waals surface area (Å²) in [5.41, 5.74) is 3.67. The van der Waals surface area contributed by atoms with Gasteiger partial charge in [-0.25, -0.2) is 0 Å². The molecule has 0 spiro atoms. The molecule has 1 saturated heterocycles. The summed E-state index contributed by atoms with van der Waals surface area (Å²) in [6.07, 6.45) is 4.53. The van der Waals surface area contributed by atoms with E-state index in [4.69, 9.17) is 0 Å². The highest BCUT2D eigenvalue weighted by Crippen LogP contribution is 2.16. The highest BCUT2D eigenvalue weighted by Gasteiger charge is 2.11. The Hall–Kier alpha value is -2.92. The summed E-state index contributed by atoms with van der Waals surface area (Å²) in [6.45, 7) is 4.91. The number of nitrogens with zero attached hydrogens (tertiary/aromatic N) is 3. The smallest absolute Gasteiger partial charge is 0.191 e. The lowest BCUT2D eigenvalue weighted by atomic mass is 10.1. The fourth-order valence-electron chi connectivity index (χ4n) is 3.86. The molecule has 5 heteroatoms. The van der Waals surface area contributed by atoms with Gasteiger partial charge in [0.25, 0.3) is 0 Å². The lowest BCUT2D eigenvalue weighted by molar-refractivity contribution is 0.331. The molecule has 29 heavy (non-hydrogen) atoms. The Morgan fingerprint density at radius 3 is 2.45 bits per heavy atom. The number of likely N-dealkylation sites (tertiary alicyclic amines) is 1. The minimum Gasteiger partial charge on any atom is -0.352 e. The monoisotopic (exact) mass is 387 g/mol. The van der Waals surface area contributed by atoms with Gasteiger partial charge in [0.05, 0.1) is 12.2 Å². The first kappa shape index (κ1) is 19.4. The van der Waals surface area contributed by atoms with E-state index in [2.05, 4.69) is 68.0 Å². The maximum absolute atomic E-state index is 4.53. The van der Waals surface area contributed by atoms with Crippen LogP contribution in [0.3, 0.4) is 0 Å². The van der Waals surface area contributed by atoms with Crippen LogP contribution in [0, 0.1) is 0 Å². The summed E-state index contributed by atoms with van der Waals surface area (Å²) in [4.78, 5) is 11.4. The topological polar surface area (TPSA) is 52.6 Å². The van der Waals surface area contributed by atoms with Crippen molar-refractivity contribution in [1.82, 2.24) is 20.5 Å². The van der Waals surface area contributed by atoms with Crippen LogP contribution in [0.1, 0.15) is 29.7 Å². The zero-order chi connectivity index (χ0) is 19.9. The summed E-state index contributed by atoms with van der Waals surface area (Å²) < 4.78 is 0. The number of aromatic nitrogens is 1. The van der Waals surface area contributed by atoms with E-state index in [1.54, 1.807) is 7.05 Å². The number of guanidine groups is 1. The van der Waals surface area contributed by atoms with E-state index in [1.165, 1.54) is 47.8 Å². The quantitative estimate of drug-likeness (QED) is 0.500. The van der Waals surface area contributed by atoms with Crippen molar-refractivity contribution in [2.75, 3.05) is 20.1 Å². The van der Waals surface area contributed by atoms with Gasteiger partial charge < -0.3 is 10.6 Å². The molecule has 0 radical (unpaired) electrons. The van der Waals surface area contributed by atoms with Crippen LogP contribution >= 0.6 is 0 Å². The van der Waals surface area contributed by atoms with E-state index < -0.39 is 0 Å². The van der Waals surface area contributed by atoms with Gasteiger partial charge in [0.1, 0.15) is 0 Å². The second-order valence-corrected chi connectivity index (χ2v) is 7.56. The zero-order valence-corrected chi connectivity index (χ0v) is 17.1. The van der Waals surface area contributed by atoms with Crippen molar-refractivity contribution in [3.05, 3.63) is 77.6 Å². The first-order valence-electron chi connectivity index (χ1n) is 10.4. The zero-order valence-electron chi connectivity index (χ0n) is 17.1. The van der Waals surface area contributed by atoms with Crippen LogP contribution in [-0.4, -0.2) is 36.0 Å². The molecule has 0 unspecified atom stereocenters. The molecule has 2 heterocycles. The molecule has 150 valence electrons. The number of aliphatic imine (C=N–C) groups is 1. The number of hydrogen-bond donors (Lipinski definition) is 2. The summed E-state index contributed by atoms with van der Waals surface area (Å²) in [5.74, 6) is 0.779. The Balaban J connectivity index is 1.30. The average molecular weight is 388 g/mol. The Labute approximate surface area is 172 Å². The van der Waals surface area contributed by atoms with Crippen LogP contribution in [0.25, 0.3) is 10.8 Å². The largest absolute Gasteiger partial charge is 0.352 e. The number of rotatable bonds is 6. The van der Waals surface area contributed by atoms with E-state index >= 15 is 0 Å². The highest BCUT2D eigenvalue weighted by molar-refractivity contribution is 5.85. The molecule has 0 aliphatic carbocycles. The molecule has 0 saturated carbocycles. The molecule has 3 aromatic rings. The van der Waals surface area contributed by atoms with Crippen molar-refractivity contribution in [3.8, 4) is 0 Å². The van der Waals surface area contributed by atoms with Crippen molar-refractivity contribution in [1.29, 1.82) is 0 Å². The van der Waals surface area contributed by atoms with Crippen molar-refractivity contribution < 1.29 is 0 Å². The average Bonchev–Trinajstić information content (AvgIpc) is 3.28. The normalized spacial score (nSPS) is 15.0. The van der Waals surface area contributed by atoms with Crippen molar-refractivity contribution in [2.45, 2.75) is 32.5 Å². The number of pyridine rings is 1. The van der Waals surface area contributed by atoms with Crippen molar-refractivity contribution >= 4 is 16.7 Å². The summed E-state index contributed by atoms with van der Waals surface area (Å²) >= 11 is 0. The molecule has 0 amide bonds. The minimum atomic E-state index is 0.635. The Morgan fingerprint density at radius 1 is 0.931 bits per heavy atom. The third-order valence-corrected chi connectivity index (χ3v) is 5.49. The second kappa shape index (κ2) is 9.52. The van der Waals surface area contributed by atoms with Gasteiger partial charge in [0.15, 0.2) is 5.96 Å². The van der Waals surface area contributed by atoms with Crippen LogP contribution in [0.4, 0.5) is 0 Å². The van der Waals surface area contributed by atoms with Gasteiger partial charge in [-0.15, -0.1) is 0 Å². The number of hydrogen-bond acceptors (Lipinski definition) is 3. The lowest BCUT2D eigenvalue weighted by Gasteiger charge is -2.15. The predicted octanol–water partition coefficient (Wildman–Crippen LogP) is 3.70. The first-order chi connectivity index (χ1) is 14.3. The van der Waals surface area contributed by atoms with Crippen LogP contribution in [0.15, 0.2) is 65.8 Å². The molecule has 1 aliphatic rings. The molecule has 5 nitrogen and oxygen atoms in total. The number of fused-ring (bicyclic) bond motifs is 1. The van der Waals surface area contributed by atoms with Gasteiger partial charge in [0.2, 0.25) is 0 Å². The number of nitrogens with one attached hydrogen (secondary N) is 2. The molecule has 0 bridgehead atoms. The van der Waals surface area contributed by atoms with Gasteiger partial charge in [-0.2, -0.15) is 0 Å². The van der Waals surface area contributed by atoms with E-state index in [-0.39, 0.29) is 0 Å². The van der Waals surface area contributed by atoms with Crippen molar-refractivity contribution in [3.63, 3.8) is 0 Å². The third kappa shape index (κ3) is 5.12. The minimum absolute atomic E-state index is 0.635. The molecule has 2 aromatic carbocycles. The maximum atomic E-state index is 4.53. The van der Waals surface area contributed by atoms with Crippen LogP contribution in [0.5, 0.6) is 0 Å². The molecule has 2 N–H and O–H groups in total. The fraction of sp³-hybridized carbons (Fsp3) is 0.333. The fourth-order valence-corrected chi connectivity index (χ4v) is 3.86. The molecular weight excluding hydrogens is 358 g/mol. The Bertz CT molecular complexity index is 953. The second-order valence-electron chi connectivity index (χ2n) is 7.56. The van der Waals surface area contributed by atoms with Gasteiger partial charge in [-0.3, -0.25) is 14.9 Å². The van der Waals surface area contributed by atoms with E-state index in [1.807, 2.05) is 18.3 Å². The predicted molar refractivity (Wildman–Crippen MR) is 120 cm³/mol. The van der Waals surface area contributed by atoms with Crippen LogP contribution in [-0.2, 0) is 19.6 Å². The lowest BCUT2D eigenvalue weighted by Crippen LogP contribution is -2.36. The first-order valence-corrected chi connectivity index (χ1v) is 10.4. The van der Waals surface area contributed by atoms with Gasteiger partial charge in [0, 0.05) is 31.7 Å². The Kier molecular flexibility index (Phi) is 6.37. The van der Waals surface area contributed by atoms with Gasteiger partial charge in [-0.1, -0.05) is 48.5 Å². The van der Waals surface area contributed by atoms with Gasteiger partial charge in [-0.05, 0) is 48.5 Å².